The largest absolute Gasteiger partial charge is 0.381 e. The Balaban J connectivity index is 1.15. The quantitative estimate of drug-likeness (QED) is 0.172. The van der Waals surface area contributed by atoms with Crippen LogP contribution < -0.4 is 21.3 Å². The van der Waals surface area contributed by atoms with Crippen LogP contribution >= 0.6 is 0 Å². The number of piperidine rings is 1. The van der Waals surface area contributed by atoms with Gasteiger partial charge in [0.05, 0.1) is 12.2 Å². The number of carbonyl (C=O) groups is 5. The average molecular weight is 754 g/mol. The number of likely N-dealkylation sites (tertiary alicyclic amines) is 1. The lowest BCUT2D eigenvalue weighted by molar-refractivity contribution is -0.145. The lowest BCUT2D eigenvalue weighted by Gasteiger charge is -2.37. The zero-order valence-electron chi connectivity index (χ0n) is 31.9. The molecule has 55 heavy (non-hydrogen) atoms. The van der Waals surface area contributed by atoms with Crippen LogP contribution in [-0.4, -0.2) is 92.9 Å². The number of benzene rings is 1. The molecule has 294 valence electrons. The Morgan fingerprint density at radius 3 is 2.27 bits per heavy atom. The summed E-state index contributed by atoms with van der Waals surface area (Å²) in [5.41, 5.74) is 2.14. The third kappa shape index (κ3) is 8.32. The second kappa shape index (κ2) is 16.2. The summed E-state index contributed by atoms with van der Waals surface area (Å²) < 4.78 is 0. The number of nitrogens with zero attached hydrogens (tertiary/aromatic N) is 3. The number of aromatic nitrogens is 2. The van der Waals surface area contributed by atoms with Crippen molar-refractivity contribution < 1.29 is 29.1 Å². The van der Waals surface area contributed by atoms with Gasteiger partial charge >= 0.3 is 0 Å². The molecule has 3 saturated carbocycles. The van der Waals surface area contributed by atoms with Crippen molar-refractivity contribution in [2.24, 2.45) is 35.0 Å². The fraction of sp³-hybridized carbons (Fsp3) is 0.595. The molecule has 1 aromatic heterocycles. The van der Waals surface area contributed by atoms with Crippen LogP contribution in [0.15, 0.2) is 55.5 Å². The Morgan fingerprint density at radius 1 is 0.927 bits per heavy atom. The minimum Gasteiger partial charge on any atom is -0.381 e. The van der Waals surface area contributed by atoms with E-state index in [1.54, 1.807) is 4.90 Å². The van der Waals surface area contributed by atoms with E-state index in [9.17, 15) is 24.3 Å². The summed E-state index contributed by atoms with van der Waals surface area (Å²) in [5, 5.41) is 22.9. The van der Waals surface area contributed by atoms with E-state index in [2.05, 4.69) is 51.7 Å². The predicted octanol–water partition coefficient (Wildman–Crippen LogP) is 2.49. The molecule has 13 heteroatoms. The number of carbonyl (C=O) groups excluding carboxylic acids is 5. The van der Waals surface area contributed by atoms with Gasteiger partial charge < -0.3 is 31.3 Å². The van der Waals surface area contributed by atoms with E-state index in [1.165, 1.54) is 24.7 Å². The first-order valence-electron chi connectivity index (χ1n) is 20.1. The first kappa shape index (κ1) is 38.6. The van der Waals surface area contributed by atoms with Crippen molar-refractivity contribution in [1.29, 1.82) is 0 Å². The number of fused-ring (bicyclic) bond motifs is 2. The molecule has 2 aromatic rings. The second-order valence-electron chi connectivity index (χ2n) is 17.0. The number of rotatable bonds is 15. The van der Waals surface area contributed by atoms with Gasteiger partial charge in [-0.2, -0.15) is 0 Å². The number of aliphatic hydroxyl groups is 1. The van der Waals surface area contributed by atoms with E-state index in [4.69, 9.17) is 0 Å². The number of hydrogen-bond donors (Lipinski definition) is 5. The molecule has 5 N–H and O–H groups in total. The van der Waals surface area contributed by atoms with Gasteiger partial charge in [0.25, 0.3) is 11.8 Å². The zero-order valence-corrected chi connectivity index (χ0v) is 31.9. The Labute approximate surface area is 322 Å². The fourth-order valence-corrected chi connectivity index (χ4v) is 9.65. The van der Waals surface area contributed by atoms with Gasteiger partial charge in [0.2, 0.25) is 17.7 Å². The summed E-state index contributed by atoms with van der Waals surface area (Å²) in [4.78, 5) is 80.1. The molecule has 1 aromatic carbocycles. The Hall–Kier alpha value is -4.65. The van der Waals surface area contributed by atoms with E-state index in [1.807, 2.05) is 24.3 Å². The maximum Gasteiger partial charge on any atom is 0.272 e. The molecule has 4 fully saturated rings. The van der Waals surface area contributed by atoms with Crippen molar-refractivity contribution >= 4 is 29.5 Å². The maximum atomic E-state index is 15.1. The Bertz CT molecular complexity index is 1750. The van der Waals surface area contributed by atoms with E-state index in [0.717, 1.165) is 56.1 Å². The van der Waals surface area contributed by atoms with Crippen LogP contribution in [0, 0.1) is 35.0 Å². The molecular formula is C42H55N7O6. The standard InChI is InChI=1S/C42H55N7O6/c1-4-16-45-40(54)36(50)30(19-24-14-15-24)46-39(53)35-32-29(42(32,2)3)23-49(35)41(55)34(28-20-26-12-8-9-13-27(26)21-28)48-38(52)33(25-10-6-5-7-11-25)47-37(51)31-22-43-17-18-44-31/h4,8-9,12-13,17-18,22,24-25,28-30,32-36,50H,1,5-7,10-11,14-16,19-21,23H2,2-3H3,(H,45,54)(H,46,53)(H,47,51)(H,48,52)/t29-,30?,32-,33-,34-,35-,36?/m0/s1. The van der Waals surface area contributed by atoms with Crippen molar-refractivity contribution in [2.45, 2.75) is 108 Å². The summed E-state index contributed by atoms with van der Waals surface area (Å²) >= 11 is 0. The van der Waals surface area contributed by atoms with Gasteiger partial charge in [-0.05, 0) is 78.2 Å². The summed E-state index contributed by atoms with van der Waals surface area (Å²) in [6, 6.07) is 4.51. The van der Waals surface area contributed by atoms with E-state index in [-0.39, 0.29) is 47.2 Å². The van der Waals surface area contributed by atoms with Crippen LogP contribution in [0.2, 0.25) is 0 Å². The molecule has 7 rings (SSSR count). The van der Waals surface area contributed by atoms with Gasteiger partial charge in [0.15, 0.2) is 6.10 Å². The second-order valence-corrected chi connectivity index (χ2v) is 17.0. The van der Waals surface area contributed by atoms with E-state index >= 15 is 4.79 Å². The smallest absolute Gasteiger partial charge is 0.272 e. The fourth-order valence-electron chi connectivity index (χ4n) is 9.65. The van der Waals surface area contributed by atoms with Crippen LogP contribution in [0.1, 0.15) is 86.8 Å². The minimum absolute atomic E-state index is 0.0771. The molecule has 2 unspecified atom stereocenters. The highest BCUT2D eigenvalue weighted by molar-refractivity contribution is 5.98. The van der Waals surface area contributed by atoms with Crippen LogP contribution in [0.25, 0.3) is 0 Å². The summed E-state index contributed by atoms with van der Waals surface area (Å²) in [5.74, 6) is -2.39. The molecule has 1 saturated heterocycles. The Morgan fingerprint density at radius 2 is 1.64 bits per heavy atom. The molecule has 0 bridgehead atoms. The summed E-state index contributed by atoms with van der Waals surface area (Å²) in [6.45, 7) is 8.37. The molecular weight excluding hydrogens is 699 g/mol. The van der Waals surface area contributed by atoms with Gasteiger partial charge in [0, 0.05) is 25.5 Å². The van der Waals surface area contributed by atoms with Gasteiger partial charge in [-0.1, -0.05) is 76.3 Å². The van der Waals surface area contributed by atoms with Crippen LogP contribution in [0.3, 0.4) is 0 Å². The van der Waals surface area contributed by atoms with Crippen LogP contribution in [0.4, 0.5) is 0 Å². The van der Waals surface area contributed by atoms with Gasteiger partial charge in [-0.15, -0.1) is 6.58 Å². The molecule has 13 nitrogen and oxygen atoms in total. The lowest BCUT2D eigenvalue weighted by Crippen LogP contribution is -2.62. The predicted molar refractivity (Wildman–Crippen MR) is 204 cm³/mol. The van der Waals surface area contributed by atoms with Crippen molar-refractivity contribution in [3.63, 3.8) is 0 Å². The molecule has 7 atom stereocenters. The lowest BCUT2D eigenvalue weighted by atomic mass is 9.83. The van der Waals surface area contributed by atoms with Crippen LogP contribution in [-0.2, 0) is 32.0 Å². The van der Waals surface area contributed by atoms with Gasteiger partial charge in [-0.25, -0.2) is 4.98 Å². The number of hydrogen-bond acceptors (Lipinski definition) is 8. The molecule has 0 spiro atoms. The molecule has 4 aliphatic carbocycles. The highest BCUT2D eigenvalue weighted by Gasteiger charge is 2.70. The number of aliphatic hydroxyl groups excluding tert-OH is 1. The van der Waals surface area contributed by atoms with E-state index < -0.39 is 53.9 Å². The van der Waals surface area contributed by atoms with Crippen molar-refractivity contribution in [1.82, 2.24) is 36.1 Å². The van der Waals surface area contributed by atoms with Gasteiger partial charge in [-0.3, -0.25) is 29.0 Å². The molecule has 0 radical (unpaired) electrons. The highest BCUT2D eigenvalue weighted by Crippen LogP contribution is 2.65. The molecule has 2 heterocycles. The normalized spacial score (nSPS) is 25.0. The molecule has 1 aliphatic heterocycles. The maximum absolute atomic E-state index is 15.1. The first-order valence-corrected chi connectivity index (χ1v) is 20.1. The highest BCUT2D eigenvalue weighted by atomic mass is 16.3. The molecule has 5 amide bonds. The summed E-state index contributed by atoms with van der Waals surface area (Å²) in [6.07, 6.45) is 12.3. The Kier molecular flexibility index (Phi) is 11.4. The summed E-state index contributed by atoms with van der Waals surface area (Å²) in [7, 11) is 0. The topological polar surface area (TPSA) is 183 Å². The SMILES string of the molecule is C=CCNC(=O)C(O)C(CC1CC1)NC(=O)[C@@H]1[C@@H]2[C@H](CN1C(=O)[C@@H](NC(=O)[C@@H](NC(=O)c1cnccn1)C1CCCCC1)C1Cc3ccccc3C1)C2(C)C. The van der Waals surface area contributed by atoms with Gasteiger partial charge in [0.1, 0.15) is 23.8 Å². The number of amides is 5. The van der Waals surface area contributed by atoms with E-state index in [0.29, 0.717) is 31.7 Å². The van der Waals surface area contributed by atoms with Crippen molar-refractivity contribution in [2.75, 3.05) is 13.1 Å². The minimum atomic E-state index is -1.46. The monoisotopic (exact) mass is 753 g/mol. The third-order valence-electron chi connectivity index (χ3n) is 13.0. The number of nitrogens with one attached hydrogen (secondary N) is 4. The van der Waals surface area contributed by atoms with Crippen LogP contribution in [0.5, 0.6) is 0 Å². The zero-order chi connectivity index (χ0) is 38.9. The van der Waals surface area contributed by atoms with Crippen molar-refractivity contribution in [3.05, 3.63) is 72.3 Å². The average Bonchev–Trinajstić information content (AvgIpc) is 3.95. The van der Waals surface area contributed by atoms with Crippen molar-refractivity contribution in [3.8, 4) is 0 Å². The third-order valence-corrected chi connectivity index (χ3v) is 13.0. The molecule has 5 aliphatic rings. The first-order chi connectivity index (χ1) is 26.5.